The first kappa shape index (κ1) is 32.2. The maximum atomic E-state index is 13.9. The maximum absolute atomic E-state index is 13.9. The average Bonchev–Trinajstić information content (AvgIpc) is 2.90. The summed E-state index contributed by atoms with van der Waals surface area (Å²) in [5.41, 5.74) is -2.24. The standard InChI is InChI=1S/C29H30F7N3O4/c1-16-7-21(30)3-4-22(16)24-14-38(26(42)18-12-39(13-18)25(41)15-40)6-5-23(24)27(43)37(2)11-17-8-19(28(31,32)33)10-20(9-17)29(34,35)36/h3-4,7-10,18,23-24,40H,5-6,11-15H2,1-2H3/t23-,24+/m1/s1. The number of carbonyl (C=O) groups is 3. The predicted octanol–water partition coefficient (Wildman–Crippen LogP) is 4.21. The quantitative estimate of drug-likeness (QED) is 0.493. The summed E-state index contributed by atoms with van der Waals surface area (Å²) in [7, 11) is 1.28. The highest BCUT2D eigenvalue weighted by Crippen LogP contribution is 2.39. The van der Waals surface area contributed by atoms with Gasteiger partial charge in [0.2, 0.25) is 17.7 Å². The second-order valence-corrected chi connectivity index (χ2v) is 11.0. The number of aliphatic hydroxyl groups excluding tert-OH is 1. The molecule has 0 spiro atoms. The third-order valence-corrected chi connectivity index (χ3v) is 8.04. The number of likely N-dealkylation sites (tertiary alicyclic amines) is 2. The molecule has 7 nitrogen and oxygen atoms in total. The fraction of sp³-hybridized carbons (Fsp3) is 0.483. The van der Waals surface area contributed by atoms with Crippen LogP contribution in [0.4, 0.5) is 30.7 Å². The van der Waals surface area contributed by atoms with Crippen LogP contribution >= 0.6 is 0 Å². The van der Waals surface area contributed by atoms with E-state index in [9.17, 15) is 45.1 Å². The average molecular weight is 618 g/mol. The minimum atomic E-state index is -5.04. The van der Waals surface area contributed by atoms with Crippen molar-refractivity contribution in [3.63, 3.8) is 0 Å². The molecule has 3 amide bonds. The third kappa shape index (κ3) is 7.11. The van der Waals surface area contributed by atoms with Gasteiger partial charge < -0.3 is 19.8 Å². The van der Waals surface area contributed by atoms with Crippen LogP contribution in [0.25, 0.3) is 0 Å². The molecule has 0 aromatic heterocycles. The number of nitrogens with zero attached hydrogens (tertiary/aromatic N) is 3. The number of hydrogen-bond acceptors (Lipinski definition) is 4. The SMILES string of the molecule is Cc1cc(F)ccc1[C@@H]1CN(C(=O)C2CN(C(=O)CO)C2)CC[C@H]1C(=O)N(C)Cc1cc(C(F)(F)F)cc(C(F)(F)F)c1. The van der Waals surface area contributed by atoms with E-state index in [1.807, 2.05) is 0 Å². The molecule has 1 N–H and O–H groups in total. The number of piperidine rings is 1. The number of carbonyl (C=O) groups excluding carboxylic acids is 3. The van der Waals surface area contributed by atoms with Gasteiger partial charge in [-0.2, -0.15) is 26.3 Å². The van der Waals surface area contributed by atoms with Crippen molar-refractivity contribution in [2.75, 3.05) is 39.8 Å². The molecule has 2 aromatic carbocycles. The Morgan fingerprint density at radius 2 is 1.53 bits per heavy atom. The Morgan fingerprint density at radius 1 is 0.930 bits per heavy atom. The van der Waals surface area contributed by atoms with Crippen molar-refractivity contribution in [1.29, 1.82) is 0 Å². The minimum Gasteiger partial charge on any atom is -0.387 e. The molecule has 4 rings (SSSR count). The maximum Gasteiger partial charge on any atom is 0.416 e. The molecule has 2 aromatic rings. The molecule has 14 heteroatoms. The van der Waals surface area contributed by atoms with Crippen LogP contribution in [0.15, 0.2) is 36.4 Å². The van der Waals surface area contributed by atoms with Crippen molar-refractivity contribution in [2.45, 2.75) is 38.2 Å². The van der Waals surface area contributed by atoms with E-state index in [1.165, 1.54) is 30.1 Å². The molecule has 2 saturated heterocycles. The first-order valence-electron chi connectivity index (χ1n) is 13.5. The molecule has 234 valence electrons. The van der Waals surface area contributed by atoms with E-state index in [0.29, 0.717) is 23.3 Å². The van der Waals surface area contributed by atoms with Crippen molar-refractivity contribution >= 4 is 17.7 Å². The zero-order chi connectivity index (χ0) is 31.9. The lowest BCUT2D eigenvalue weighted by Crippen LogP contribution is -2.58. The molecule has 43 heavy (non-hydrogen) atoms. The van der Waals surface area contributed by atoms with E-state index in [-0.39, 0.29) is 50.1 Å². The van der Waals surface area contributed by atoms with E-state index in [1.54, 1.807) is 11.8 Å². The number of aryl methyl sites for hydroxylation is 1. The number of amides is 3. The van der Waals surface area contributed by atoms with Gasteiger partial charge in [-0.25, -0.2) is 4.39 Å². The lowest BCUT2D eigenvalue weighted by atomic mass is 9.77. The molecular formula is C29H30F7N3O4. The van der Waals surface area contributed by atoms with Gasteiger partial charge in [0.25, 0.3) is 0 Å². The van der Waals surface area contributed by atoms with Crippen LogP contribution in [0, 0.1) is 24.6 Å². The smallest absolute Gasteiger partial charge is 0.387 e. The molecule has 2 aliphatic rings. The zero-order valence-corrected chi connectivity index (χ0v) is 23.3. The number of hydrogen-bond donors (Lipinski definition) is 1. The number of halogens is 7. The summed E-state index contributed by atoms with van der Waals surface area (Å²) >= 11 is 0. The van der Waals surface area contributed by atoms with E-state index < -0.39 is 72.0 Å². The van der Waals surface area contributed by atoms with Gasteiger partial charge in [-0.05, 0) is 60.4 Å². The molecule has 2 aliphatic heterocycles. The Morgan fingerprint density at radius 3 is 2.07 bits per heavy atom. The molecule has 2 atom stereocenters. The highest BCUT2D eigenvalue weighted by atomic mass is 19.4. The van der Waals surface area contributed by atoms with E-state index in [4.69, 9.17) is 5.11 Å². The Labute approximate surface area is 242 Å². The molecule has 0 radical (unpaired) electrons. The van der Waals surface area contributed by atoms with Gasteiger partial charge >= 0.3 is 12.4 Å². The summed E-state index contributed by atoms with van der Waals surface area (Å²) in [5.74, 6) is -3.76. The largest absolute Gasteiger partial charge is 0.416 e. The highest BCUT2D eigenvalue weighted by molar-refractivity contribution is 5.86. The van der Waals surface area contributed by atoms with Gasteiger partial charge in [0.15, 0.2) is 0 Å². The van der Waals surface area contributed by atoms with Crippen LogP contribution in [-0.2, 0) is 33.3 Å². The number of benzene rings is 2. The predicted molar refractivity (Wildman–Crippen MR) is 139 cm³/mol. The van der Waals surface area contributed by atoms with Crippen molar-refractivity contribution in [3.8, 4) is 0 Å². The molecule has 0 aliphatic carbocycles. The first-order chi connectivity index (χ1) is 20.0. The lowest BCUT2D eigenvalue weighted by molar-refractivity contribution is -0.153. The Bertz CT molecular complexity index is 1360. The van der Waals surface area contributed by atoms with Crippen LogP contribution in [0.2, 0.25) is 0 Å². The van der Waals surface area contributed by atoms with E-state index in [0.717, 1.165) is 4.90 Å². The Balaban J connectivity index is 1.57. The van der Waals surface area contributed by atoms with Crippen LogP contribution in [0.3, 0.4) is 0 Å². The van der Waals surface area contributed by atoms with Crippen LogP contribution < -0.4 is 0 Å². The second-order valence-electron chi connectivity index (χ2n) is 11.0. The minimum absolute atomic E-state index is 0.0203. The van der Waals surface area contributed by atoms with Crippen LogP contribution in [-0.4, -0.2) is 77.4 Å². The van der Waals surface area contributed by atoms with Crippen LogP contribution in [0.5, 0.6) is 0 Å². The fourth-order valence-electron chi connectivity index (χ4n) is 5.76. The van der Waals surface area contributed by atoms with Crippen molar-refractivity contribution in [3.05, 3.63) is 70.0 Å². The normalized spacial score (nSPS) is 19.7. The fourth-order valence-corrected chi connectivity index (χ4v) is 5.76. The molecular weight excluding hydrogens is 587 g/mol. The van der Waals surface area contributed by atoms with Gasteiger partial charge in [-0.3, -0.25) is 14.4 Å². The van der Waals surface area contributed by atoms with Gasteiger partial charge in [0.05, 0.1) is 17.0 Å². The number of alkyl halides is 6. The summed E-state index contributed by atoms with van der Waals surface area (Å²) in [6.45, 7) is 0.903. The summed E-state index contributed by atoms with van der Waals surface area (Å²) in [6.07, 6.45) is -9.93. The second kappa shape index (κ2) is 12.1. The van der Waals surface area contributed by atoms with Gasteiger partial charge in [0, 0.05) is 51.6 Å². The third-order valence-electron chi connectivity index (χ3n) is 8.04. The highest BCUT2D eigenvalue weighted by Gasteiger charge is 2.43. The molecule has 0 saturated carbocycles. The van der Waals surface area contributed by atoms with Gasteiger partial charge in [-0.1, -0.05) is 6.07 Å². The number of rotatable bonds is 6. The molecule has 0 unspecified atom stereocenters. The van der Waals surface area contributed by atoms with Crippen molar-refractivity contribution in [2.24, 2.45) is 11.8 Å². The monoisotopic (exact) mass is 617 g/mol. The van der Waals surface area contributed by atoms with Gasteiger partial charge in [-0.15, -0.1) is 0 Å². The molecule has 0 bridgehead atoms. The van der Waals surface area contributed by atoms with Crippen molar-refractivity contribution in [1.82, 2.24) is 14.7 Å². The molecule has 2 heterocycles. The molecule has 2 fully saturated rings. The van der Waals surface area contributed by atoms with Gasteiger partial charge in [0.1, 0.15) is 12.4 Å². The zero-order valence-electron chi connectivity index (χ0n) is 23.3. The lowest BCUT2D eigenvalue weighted by Gasteiger charge is -2.44. The summed E-state index contributed by atoms with van der Waals surface area (Å²) in [6, 6.07) is 5.15. The van der Waals surface area contributed by atoms with E-state index >= 15 is 0 Å². The summed E-state index contributed by atoms with van der Waals surface area (Å²) < 4.78 is 94.1. The summed E-state index contributed by atoms with van der Waals surface area (Å²) in [5, 5.41) is 9.02. The first-order valence-corrected chi connectivity index (χ1v) is 13.5. The summed E-state index contributed by atoms with van der Waals surface area (Å²) in [4.78, 5) is 42.5. The van der Waals surface area contributed by atoms with Crippen LogP contribution in [0.1, 0.15) is 40.2 Å². The van der Waals surface area contributed by atoms with E-state index in [2.05, 4.69) is 0 Å². The Kier molecular flexibility index (Phi) is 9.10. The Hall–Kier alpha value is -3.68. The topological polar surface area (TPSA) is 81.2 Å². The van der Waals surface area contributed by atoms with Crippen molar-refractivity contribution < 1.29 is 50.2 Å². The number of aliphatic hydroxyl groups is 1.